The molecule has 15 heavy (non-hydrogen) atoms. The average Bonchev–Trinajstić information content (AvgIpc) is 3.04. The SMILES string of the molecule is CC1CC1c1nc(Cl)c(I)c(C2CC2)n1. The Kier molecular flexibility index (Phi) is 2.43. The van der Waals surface area contributed by atoms with E-state index < -0.39 is 0 Å². The van der Waals surface area contributed by atoms with Gasteiger partial charge in [0.05, 0.1) is 9.26 Å². The van der Waals surface area contributed by atoms with Crippen LogP contribution in [0.5, 0.6) is 0 Å². The van der Waals surface area contributed by atoms with Crippen LogP contribution in [0.3, 0.4) is 0 Å². The monoisotopic (exact) mass is 334 g/mol. The normalized spacial score (nSPS) is 29.3. The fourth-order valence-corrected chi connectivity index (χ4v) is 2.79. The minimum Gasteiger partial charge on any atom is -0.236 e. The number of rotatable bonds is 2. The van der Waals surface area contributed by atoms with Crippen molar-refractivity contribution in [1.29, 1.82) is 0 Å². The van der Waals surface area contributed by atoms with Crippen molar-refractivity contribution in [2.75, 3.05) is 0 Å². The summed E-state index contributed by atoms with van der Waals surface area (Å²) in [6, 6.07) is 0. The molecule has 2 saturated carbocycles. The van der Waals surface area contributed by atoms with Gasteiger partial charge in [0.1, 0.15) is 11.0 Å². The first kappa shape index (κ1) is 10.3. The van der Waals surface area contributed by atoms with E-state index in [9.17, 15) is 0 Å². The first-order valence-corrected chi connectivity index (χ1v) is 6.85. The lowest BCUT2D eigenvalue weighted by Gasteiger charge is -2.06. The van der Waals surface area contributed by atoms with Gasteiger partial charge in [-0.05, 0) is 47.8 Å². The van der Waals surface area contributed by atoms with Gasteiger partial charge in [-0.15, -0.1) is 0 Å². The molecule has 0 radical (unpaired) electrons. The van der Waals surface area contributed by atoms with Crippen molar-refractivity contribution in [3.8, 4) is 0 Å². The van der Waals surface area contributed by atoms with E-state index in [0.717, 1.165) is 15.3 Å². The zero-order valence-electron chi connectivity index (χ0n) is 8.50. The molecule has 0 spiro atoms. The largest absolute Gasteiger partial charge is 0.236 e. The highest BCUT2D eigenvalue weighted by molar-refractivity contribution is 14.1. The summed E-state index contributed by atoms with van der Waals surface area (Å²) in [7, 11) is 0. The maximum Gasteiger partial charge on any atom is 0.146 e. The molecule has 2 aliphatic rings. The fraction of sp³-hybridized carbons (Fsp3) is 0.636. The highest BCUT2D eigenvalue weighted by Gasteiger charge is 2.38. The second-order valence-electron chi connectivity index (χ2n) is 4.67. The van der Waals surface area contributed by atoms with E-state index in [1.807, 2.05) is 0 Å². The Morgan fingerprint density at radius 2 is 2.00 bits per heavy atom. The molecule has 1 aromatic rings. The molecule has 2 atom stereocenters. The number of hydrogen-bond acceptors (Lipinski definition) is 2. The van der Waals surface area contributed by atoms with Crippen molar-refractivity contribution in [2.45, 2.75) is 38.0 Å². The first-order valence-electron chi connectivity index (χ1n) is 5.39. The molecule has 2 fully saturated rings. The number of halogens is 2. The smallest absolute Gasteiger partial charge is 0.146 e. The predicted molar refractivity (Wildman–Crippen MR) is 68.3 cm³/mol. The van der Waals surface area contributed by atoms with E-state index in [1.54, 1.807) is 0 Å². The maximum atomic E-state index is 6.15. The molecule has 0 aliphatic heterocycles. The lowest BCUT2D eigenvalue weighted by molar-refractivity contribution is 0.813. The van der Waals surface area contributed by atoms with Gasteiger partial charge >= 0.3 is 0 Å². The van der Waals surface area contributed by atoms with Gasteiger partial charge in [-0.3, -0.25) is 0 Å². The molecule has 80 valence electrons. The van der Waals surface area contributed by atoms with E-state index in [-0.39, 0.29) is 0 Å². The van der Waals surface area contributed by atoms with E-state index in [2.05, 4.69) is 34.5 Å². The van der Waals surface area contributed by atoms with Gasteiger partial charge in [-0.25, -0.2) is 9.97 Å². The van der Waals surface area contributed by atoms with Crippen molar-refractivity contribution in [2.24, 2.45) is 5.92 Å². The van der Waals surface area contributed by atoms with Crippen LogP contribution in [0.1, 0.15) is 49.5 Å². The lowest BCUT2D eigenvalue weighted by atomic mass is 10.2. The van der Waals surface area contributed by atoms with E-state index in [4.69, 9.17) is 16.6 Å². The third-order valence-electron chi connectivity index (χ3n) is 3.26. The van der Waals surface area contributed by atoms with Gasteiger partial charge in [0.25, 0.3) is 0 Å². The van der Waals surface area contributed by atoms with Crippen molar-refractivity contribution in [3.63, 3.8) is 0 Å². The molecule has 0 amide bonds. The van der Waals surface area contributed by atoms with Gasteiger partial charge < -0.3 is 0 Å². The summed E-state index contributed by atoms with van der Waals surface area (Å²) in [4.78, 5) is 9.11. The average molecular weight is 335 g/mol. The van der Waals surface area contributed by atoms with Gasteiger partial charge in [0.15, 0.2) is 0 Å². The first-order chi connectivity index (χ1) is 7.16. The predicted octanol–water partition coefficient (Wildman–Crippen LogP) is 3.74. The van der Waals surface area contributed by atoms with Gasteiger partial charge in [-0.2, -0.15) is 0 Å². The molecule has 3 rings (SSSR count). The summed E-state index contributed by atoms with van der Waals surface area (Å²) >= 11 is 8.42. The van der Waals surface area contributed by atoms with Crippen LogP contribution in [-0.2, 0) is 0 Å². The summed E-state index contributed by atoms with van der Waals surface area (Å²) in [5, 5.41) is 0.654. The van der Waals surface area contributed by atoms with Crippen LogP contribution in [0.2, 0.25) is 5.15 Å². The molecular formula is C11H12ClIN2. The van der Waals surface area contributed by atoms with Gasteiger partial charge in [-0.1, -0.05) is 18.5 Å². The van der Waals surface area contributed by atoms with Crippen LogP contribution in [-0.4, -0.2) is 9.97 Å². The minimum absolute atomic E-state index is 0.567. The maximum absolute atomic E-state index is 6.15. The molecule has 1 aromatic heterocycles. The molecule has 4 heteroatoms. The Bertz CT molecular complexity index is 417. The Balaban J connectivity index is 2.02. The highest BCUT2D eigenvalue weighted by atomic mass is 127. The Morgan fingerprint density at radius 3 is 2.53 bits per heavy atom. The van der Waals surface area contributed by atoms with Crippen LogP contribution in [0.4, 0.5) is 0 Å². The van der Waals surface area contributed by atoms with E-state index >= 15 is 0 Å². The van der Waals surface area contributed by atoms with Crippen LogP contribution in [0.25, 0.3) is 0 Å². The van der Waals surface area contributed by atoms with Crippen LogP contribution in [0, 0.1) is 9.49 Å². The minimum atomic E-state index is 0.567. The Morgan fingerprint density at radius 1 is 1.33 bits per heavy atom. The molecule has 2 unspecified atom stereocenters. The second-order valence-corrected chi connectivity index (χ2v) is 6.10. The molecule has 0 bridgehead atoms. The molecule has 1 heterocycles. The number of hydrogen-bond donors (Lipinski definition) is 0. The summed E-state index contributed by atoms with van der Waals surface area (Å²) in [6.45, 7) is 2.25. The summed E-state index contributed by atoms with van der Waals surface area (Å²) in [6.07, 6.45) is 3.76. The Hall–Kier alpha value is 0.1000. The van der Waals surface area contributed by atoms with Crippen LogP contribution >= 0.6 is 34.2 Å². The fourth-order valence-electron chi connectivity index (χ4n) is 1.93. The topological polar surface area (TPSA) is 25.8 Å². The number of nitrogens with zero attached hydrogens (tertiary/aromatic N) is 2. The van der Waals surface area contributed by atoms with E-state index in [1.165, 1.54) is 25.0 Å². The summed E-state index contributed by atoms with van der Waals surface area (Å²) in [5.74, 6) is 2.95. The highest BCUT2D eigenvalue weighted by Crippen LogP contribution is 2.48. The quantitative estimate of drug-likeness (QED) is 0.608. The standard InChI is InChI=1S/C11H12ClIN2/c1-5-4-7(5)11-14-9(6-2-3-6)8(13)10(12)15-11/h5-7H,2-4H2,1H3. The molecule has 2 nitrogen and oxygen atoms in total. The second kappa shape index (κ2) is 3.55. The third kappa shape index (κ3) is 1.88. The lowest BCUT2D eigenvalue weighted by Crippen LogP contribution is -2.02. The molecule has 0 saturated heterocycles. The molecule has 0 N–H and O–H groups in total. The van der Waals surface area contributed by atoms with Crippen molar-refractivity contribution in [1.82, 2.24) is 9.97 Å². The zero-order chi connectivity index (χ0) is 10.6. The third-order valence-corrected chi connectivity index (χ3v) is 4.91. The molecule has 2 aliphatic carbocycles. The summed E-state index contributed by atoms with van der Waals surface area (Å²) in [5.41, 5.74) is 1.20. The zero-order valence-corrected chi connectivity index (χ0v) is 11.4. The Labute approximate surface area is 108 Å². The van der Waals surface area contributed by atoms with Crippen LogP contribution < -0.4 is 0 Å². The summed E-state index contributed by atoms with van der Waals surface area (Å²) < 4.78 is 1.06. The van der Waals surface area contributed by atoms with Crippen molar-refractivity contribution in [3.05, 3.63) is 20.2 Å². The van der Waals surface area contributed by atoms with Crippen LogP contribution in [0.15, 0.2) is 0 Å². The van der Waals surface area contributed by atoms with Crippen molar-refractivity contribution >= 4 is 34.2 Å². The van der Waals surface area contributed by atoms with E-state index in [0.29, 0.717) is 17.0 Å². The molecule has 0 aromatic carbocycles. The van der Waals surface area contributed by atoms with Crippen molar-refractivity contribution < 1.29 is 0 Å². The number of aromatic nitrogens is 2. The van der Waals surface area contributed by atoms with Gasteiger partial charge in [0, 0.05) is 11.8 Å². The van der Waals surface area contributed by atoms with Gasteiger partial charge in [0.2, 0.25) is 0 Å². The molecular weight excluding hydrogens is 322 g/mol.